The van der Waals surface area contributed by atoms with Crippen molar-refractivity contribution in [2.45, 2.75) is 59.0 Å². The molecule has 2 N–H and O–H groups in total. The summed E-state index contributed by atoms with van der Waals surface area (Å²) in [4.78, 5) is 16.2. The highest BCUT2D eigenvalue weighted by atomic mass is 16.5. The lowest BCUT2D eigenvalue weighted by molar-refractivity contribution is 0.0994. The van der Waals surface area contributed by atoms with Crippen LogP contribution in [-0.4, -0.2) is 23.6 Å². The van der Waals surface area contributed by atoms with Gasteiger partial charge in [-0.15, -0.1) is 0 Å². The van der Waals surface area contributed by atoms with Crippen molar-refractivity contribution in [2.24, 2.45) is 11.1 Å². The van der Waals surface area contributed by atoms with Crippen LogP contribution in [0.2, 0.25) is 0 Å². The van der Waals surface area contributed by atoms with Crippen LogP contribution < -0.4 is 15.2 Å². The third-order valence-electron chi connectivity index (χ3n) is 5.07. The Morgan fingerprint density at radius 1 is 1.23 bits per heavy atom. The predicted molar refractivity (Wildman–Crippen MR) is 103 cm³/mol. The fourth-order valence-corrected chi connectivity index (χ4v) is 3.62. The van der Waals surface area contributed by atoms with Crippen LogP contribution in [0.3, 0.4) is 0 Å². The zero-order valence-corrected chi connectivity index (χ0v) is 15.9. The summed E-state index contributed by atoms with van der Waals surface area (Å²) in [7, 11) is 0. The summed E-state index contributed by atoms with van der Waals surface area (Å²) in [5, 5.41) is 0.840. The Labute approximate surface area is 154 Å². The second kappa shape index (κ2) is 7.52. The van der Waals surface area contributed by atoms with Gasteiger partial charge in [0.2, 0.25) is 0 Å². The van der Waals surface area contributed by atoms with Gasteiger partial charge in [-0.1, -0.05) is 26.2 Å². The number of amides is 1. The highest BCUT2D eigenvalue weighted by Gasteiger charge is 2.28. The molecule has 1 aromatic heterocycles. The lowest BCUT2D eigenvalue weighted by Crippen LogP contribution is -2.27. The van der Waals surface area contributed by atoms with E-state index in [4.69, 9.17) is 15.2 Å². The molecule has 0 radical (unpaired) electrons. The summed E-state index contributed by atoms with van der Waals surface area (Å²) >= 11 is 0. The summed E-state index contributed by atoms with van der Waals surface area (Å²) in [6.07, 6.45) is 7.89. The Kier molecular flexibility index (Phi) is 5.35. The molecule has 5 nitrogen and oxygen atoms in total. The molecule has 3 rings (SSSR count). The molecule has 1 aliphatic rings. The van der Waals surface area contributed by atoms with Gasteiger partial charge < -0.3 is 15.2 Å². The average molecular weight is 356 g/mol. The maximum absolute atomic E-state index is 11.8. The van der Waals surface area contributed by atoms with E-state index in [1.807, 2.05) is 26.0 Å². The second-order valence-corrected chi connectivity index (χ2v) is 7.87. The number of nitrogens with zero attached hydrogens (tertiary/aromatic N) is 1. The highest BCUT2D eigenvalue weighted by molar-refractivity contribution is 6.01. The Morgan fingerprint density at radius 3 is 2.62 bits per heavy atom. The maximum Gasteiger partial charge on any atom is 0.252 e. The van der Waals surface area contributed by atoms with E-state index in [2.05, 4.69) is 11.9 Å². The average Bonchev–Trinajstić information content (AvgIpc) is 2.59. The van der Waals surface area contributed by atoms with Gasteiger partial charge in [0, 0.05) is 17.0 Å². The zero-order valence-electron chi connectivity index (χ0n) is 15.9. The van der Waals surface area contributed by atoms with Crippen molar-refractivity contribution >= 4 is 16.8 Å². The molecule has 1 aromatic carbocycles. The molecule has 0 bridgehead atoms. The number of carbonyl (C=O) groups is 1. The molecule has 1 aliphatic carbocycles. The second-order valence-electron chi connectivity index (χ2n) is 7.87. The standard InChI is InChI=1S/C21H28N2O3/c1-14(2)26-19-12-15-17(11-16(19)20(22)24)23-10-7-18(15)25-13-21(3)8-5-4-6-9-21/h7,10-12,14H,4-6,8-9,13H2,1-3H3,(H2,22,24). The third kappa shape index (κ3) is 4.09. The Morgan fingerprint density at radius 2 is 1.96 bits per heavy atom. The van der Waals surface area contributed by atoms with Gasteiger partial charge in [0.1, 0.15) is 11.5 Å². The normalized spacial score (nSPS) is 16.6. The number of pyridine rings is 1. The molecular weight excluding hydrogens is 328 g/mol. The van der Waals surface area contributed by atoms with Crippen molar-refractivity contribution in [3.8, 4) is 11.5 Å². The zero-order chi connectivity index (χ0) is 18.7. The molecule has 2 aromatic rings. The monoisotopic (exact) mass is 356 g/mol. The van der Waals surface area contributed by atoms with E-state index in [0.29, 0.717) is 23.4 Å². The van der Waals surface area contributed by atoms with Crippen molar-refractivity contribution in [3.63, 3.8) is 0 Å². The lowest BCUT2D eigenvalue weighted by atomic mass is 9.76. The van der Waals surface area contributed by atoms with E-state index >= 15 is 0 Å². The SMILES string of the molecule is CC(C)Oc1cc2c(OCC3(C)CCCCC3)ccnc2cc1C(N)=O. The van der Waals surface area contributed by atoms with Crippen LogP contribution in [0.15, 0.2) is 24.4 Å². The van der Waals surface area contributed by atoms with Gasteiger partial charge in [0.25, 0.3) is 5.91 Å². The Balaban J connectivity index is 1.94. The first-order valence-corrected chi connectivity index (χ1v) is 9.40. The fraction of sp³-hybridized carbons (Fsp3) is 0.524. The molecule has 26 heavy (non-hydrogen) atoms. The molecule has 1 saturated carbocycles. The van der Waals surface area contributed by atoms with Crippen LogP contribution in [-0.2, 0) is 0 Å². The lowest BCUT2D eigenvalue weighted by Gasteiger charge is -2.33. The first-order chi connectivity index (χ1) is 12.4. The molecule has 0 atom stereocenters. The third-order valence-corrected chi connectivity index (χ3v) is 5.07. The number of hydrogen-bond donors (Lipinski definition) is 1. The quantitative estimate of drug-likeness (QED) is 0.828. The Hall–Kier alpha value is -2.30. The van der Waals surface area contributed by atoms with Crippen LogP contribution in [0.1, 0.15) is 63.2 Å². The fourth-order valence-electron chi connectivity index (χ4n) is 3.62. The first kappa shape index (κ1) is 18.5. The Bertz CT molecular complexity index is 795. The van der Waals surface area contributed by atoms with Crippen LogP contribution >= 0.6 is 0 Å². The molecular formula is C21H28N2O3. The number of rotatable bonds is 6. The van der Waals surface area contributed by atoms with Crippen molar-refractivity contribution < 1.29 is 14.3 Å². The van der Waals surface area contributed by atoms with Crippen LogP contribution in [0, 0.1) is 5.41 Å². The first-order valence-electron chi connectivity index (χ1n) is 9.40. The summed E-state index contributed by atoms with van der Waals surface area (Å²) in [5.74, 6) is 0.721. The van der Waals surface area contributed by atoms with E-state index < -0.39 is 5.91 Å². The largest absolute Gasteiger partial charge is 0.492 e. The molecule has 0 aliphatic heterocycles. The number of carbonyl (C=O) groups excluding carboxylic acids is 1. The minimum absolute atomic E-state index is 0.0623. The van der Waals surface area contributed by atoms with E-state index in [1.54, 1.807) is 12.3 Å². The number of hydrogen-bond acceptors (Lipinski definition) is 4. The van der Waals surface area contributed by atoms with Gasteiger partial charge in [0.15, 0.2) is 0 Å². The summed E-state index contributed by atoms with van der Waals surface area (Å²) in [5.41, 5.74) is 6.76. The molecule has 0 saturated heterocycles. The van der Waals surface area contributed by atoms with Crippen molar-refractivity contribution in [3.05, 3.63) is 30.0 Å². The van der Waals surface area contributed by atoms with E-state index in [0.717, 1.165) is 11.1 Å². The summed E-state index contributed by atoms with van der Waals surface area (Å²) in [6, 6.07) is 5.38. The summed E-state index contributed by atoms with van der Waals surface area (Å²) in [6.45, 7) is 6.82. The molecule has 140 valence electrons. The van der Waals surface area contributed by atoms with Gasteiger partial charge in [-0.3, -0.25) is 9.78 Å². The van der Waals surface area contributed by atoms with Gasteiger partial charge in [-0.05, 0) is 44.9 Å². The molecule has 0 unspecified atom stereocenters. The number of primary amides is 1. The van der Waals surface area contributed by atoms with Crippen LogP contribution in [0.5, 0.6) is 11.5 Å². The smallest absolute Gasteiger partial charge is 0.252 e. The van der Waals surface area contributed by atoms with E-state index in [9.17, 15) is 4.79 Å². The number of nitrogens with two attached hydrogens (primary N) is 1. The van der Waals surface area contributed by atoms with Crippen molar-refractivity contribution in [1.82, 2.24) is 4.98 Å². The minimum Gasteiger partial charge on any atom is -0.492 e. The van der Waals surface area contributed by atoms with Crippen molar-refractivity contribution in [1.29, 1.82) is 0 Å². The number of ether oxygens (including phenoxy) is 2. The number of fused-ring (bicyclic) bond motifs is 1. The molecule has 1 fully saturated rings. The van der Waals surface area contributed by atoms with Gasteiger partial charge >= 0.3 is 0 Å². The molecule has 5 heteroatoms. The van der Waals surface area contributed by atoms with Crippen molar-refractivity contribution in [2.75, 3.05) is 6.61 Å². The molecule has 0 spiro atoms. The van der Waals surface area contributed by atoms with E-state index in [1.165, 1.54) is 32.1 Å². The molecule has 1 heterocycles. The van der Waals surface area contributed by atoms with Gasteiger partial charge in [-0.2, -0.15) is 0 Å². The van der Waals surface area contributed by atoms with Gasteiger partial charge in [0.05, 0.1) is 23.8 Å². The van der Waals surface area contributed by atoms with Crippen LogP contribution in [0.25, 0.3) is 10.9 Å². The topological polar surface area (TPSA) is 74.4 Å². The van der Waals surface area contributed by atoms with Gasteiger partial charge in [-0.25, -0.2) is 0 Å². The highest BCUT2D eigenvalue weighted by Crippen LogP contribution is 2.37. The predicted octanol–water partition coefficient (Wildman–Crippen LogP) is 4.47. The van der Waals surface area contributed by atoms with E-state index in [-0.39, 0.29) is 11.5 Å². The molecule has 1 amide bonds. The summed E-state index contributed by atoms with van der Waals surface area (Å²) < 4.78 is 12.0. The minimum atomic E-state index is -0.523. The van der Waals surface area contributed by atoms with Crippen LogP contribution in [0.4, 0.5) is 0 Å². The number of benzene rings is 1. The maximum atomic E-state index is 11.8. The number of aromatic nitrogens is 1.